The van der Waals surface area contributed by atoms with Crippen LogP contribution in [-0.2, 0) is 4.74 Å². The minimum Gasteiger partial charge on any atom is -0.504 e. The van der Waals surface area contributed by atoms with E-state index in [2.05, 4.69) is 15.4 Å². The molecule has 2 aromatic rings. The Hall–Kier alpha value is -3.42. The maximum Gasteiger partial charge on any atom is 0.337 e. The van der Waals surface area contributed by atoms with E-state index in [1.807, 2.05) is 0 Å². The molecule has 120 valence electrons. The zero-order valence-electron chi connectivity index (χ0n) is 12.0. The van der Waals surface area contributed by atoms with E-state index in [1.165, 1.54) is 31.4 Å². The van der Waals surface area contributed by atoms with Crippen molar-refractivity contribution in [2.45, 2.75) is 0 Å². The van der Waals surface area contributed by atoms with Crippen molar-refractivity contribution in [3.63, 3.8) is 0 Å². The number of rotatable bonds is 3. The number of amides is 2. The topological polar surface area (TPSA) is 128 Å². The number of urea groups is 1. The Balaban J connectivity index is 2.03. The van der Waals surface area contributed by atoms with Crippen LogP contribution < -0.4 is 10.6 Å². The molecular weight excluding hydrogens is 304 g/mol. The summed E-state index contributed by atoms with van der Waals surface area (Å²) in [7, 11) is 1.27. The van der Waals surface area contributed by atoms with Gasteiger partial charge in [0.05, 0.1) is 18.4 Å². The highest BCUT2D eigenvalue weighted by Crippen LogP contribution is 2.37. The third kappa shape index (κ3) is 3.82. The molecule has 2 rings (SSSR count). The van der Waals surface area contributed by atoms with Gasteiger partial charge >= 0.3 is 12.0 Å². The zero-order valence-corrected chi connectivity index (χ0v) is 12.0. The molecule has 0 aliphatic rings. The molecule has 0 unspecified atom stereocenters. The number of hydrogen-bond donors (Lipinski definition) is 5. The molecule has 0 aliphatic heterocycles. The first kappa shape index (κ1) is 16.0. The monoisotopic (exact) mass is 318 g/mol. The molecule has 0 heterocycles. The van der Waals surface area contributed by atoms with E-state index in [-0.39, 0.29) is 5.69 Å². The smallest absolute Gasteiger partial charge is 0.337 e. The molecule has 0 bridgehead atoms. The number of benzene rings is 2. The minimum absolute atomic E-state index is 0.0847. The molecule has 0 fully saturated rings. The second kappa shape index (κ2) is 6.56. The molecule has 23 heavy (non-hydrogen) atoms. The number of ether oxygens (including phenoxy) is 1. The van der Waals surface area contributed by atoms with Crippen LogP contribution >= 0.6 is 0 Å². The van der Waals surface area contributed by atoms with Crippen LogP contribution in [0.2, 0.25) is 0 Å². The molecule has 0 radical (unpaired) electrons. The molecule has 0 aliphatic carbocycles. The summed E-state index contributed by atoms with van der Waals surface area (Å²) in [4.78, 5) is 23.1. The lowest BCUT2D eigenvalue weighted by molar-refractivity contribution is 0.0600. The predicted molar refractivity (Wildman–Crippen MR) is 81.9 cm³/mol. The van der Waals surface area contributed by atoms with Crippen LogP contribution in [0.4, 0.5) is 16.2 Å². The van der Waals surface area contributed by atoms with Crippen molar-refractivity contribution in [3.05, 3.63) is 42.0 Å². The summed E-state index contributed by atoms with van der Waals surface area (Å²) < 4.78 is 4.56. The van der Waals surface area contributed by atoms with Gasteiger partial charge in [0, 0.05) is 17.8 Å². The Kier molecular flexibility index (Phi) is 4.55. The Morgan fingerprint density at radius 2 is 1.43 bits per heavy atom. The molecule has 0 saturated carbocycles. The van der Waals surface area contributed by atoms with Gasteiger partial charge in [0.25, 0.3) is 0 Å². The van der Waals surface area contributed by atoms with Gasteiger partial charge in [-0.2, -0.15) is 0 Å². The van der Waals surface area contributed by atoms with Gasteiger partial charge in [0.15, 0.2) is 17.2 Å². The van der Waals surface area contributed by atoms with Gasteiger partial charge in [-0.05, 0) is 24.3 Å². The maximum atomic E-state index is 11.8. The lowest BCUT2D eigenvalue weighted by Crippen LogP contribution is -2.19. The van der Waals surface area contributed by atoms with E-state index in [0.717, 1.165) is 12.1 Å². The van der Waals surface area contributed by atoms with Crippen LogP contribution in [0.3, 0.4) is 0 Å². The Bertz CT molecular complexity index is 719. The molecule has 0 spiro atoms. The highest BCUT2D eigenvalue weighted by Gasteiger charge is 2.11. The van der Waals surface area contributed by atoms with Crippen molar-refractivity contribution in [2.24, 2.45) is 0 Å². The van der Waals surface area contributed by atoms with Crippen LogP contribution in [0.5, 0.6) is 17.2 Å². The lowest BCUT2D eigenvalue weighted by Gasteiger charge is -2.09. The van der Waals surface area contributed by atoms with Crippen molar-refractivity contribution < 1.29 is 29.6 Å². The van der Waals surface area contributed by atoms with Crippen LogP contribution in [-0.4, -0.2) is 34.4 Å². The second-order valence-corrected chi connectivity index (χ2v) is 4.51. The number of aromatic hydroxyl groups is 3. The van der Waals surface area contributed by atoms with Gasteiger partial charge in [-0.25, -0.2) is 9.59 Å². The first-order valence-electron chi connectivity index (χ1n) is 6.42. The largest absolute Gasteiger partial charge is 0.504 e. The number of hydrogen-bond acceptors (Lipinski definition) is 6. The van der Waals surface area contributed by atoms with E-state index in [9.17, 15) is 24.9 Å². The Morgan fingerprint density at radius 3 is 1.96 bits per heavy atom. The number of carbonyl (C=O) groups excluding carboxylic acids is 2. The van der Waals surface area contributed by atoms with Gasteiger partial charge in [-0.15, -0.1) is 0 Å². The molecule has 5 N–H and O–H groups in total. The summed E-state index contributed by atoms with van der Waals surface area (Å²) >= 11 is 0. The van der Waals surface area contributed by atoms with Crippen molar-refractivity contribution in [2.75, 3.05) is 17.7 Å². The normalized spacial score (nSPS) is 9.96. The summed E-state index contributed by atoms with van der Waals surface area (Å²) in [5.74, 6) is -2.30. The van der Waals surface area contributed by atoms with E-state index >= 15 is 0 Å². The van der Waals surface area contributed by atoms with Gasteiger partial charge < -0.3 is 30.7 Å². The fraction of sp³-hybridized carbons (Fsp3) is 0.0667. The number of phenols is 3. The molecule has 8 heteroatoms. The van der Waals surface area contributed by atoms with Gasteiger partial charge in [0.2, 0.25) is 0 Å². The summed E-state index contributed by atoms with van der Waals surface area (Å²) in [6, 6.07) is 7.51. The fourth-order valence-corrected chi connectivity index (χ4v) is 1.78. The predicted octanol–water partition coefficient (Wildman–Crippen LogP) is 2.23. The van der Waals surface area contributed by atoms with Crippen molar-refractivity contribution >= 4 is 23.4 Å². The van der Waals surface area contributed by atoms with E-state index in [1.54, 1.807) is 0 Å². The lowest BCUT2D eigenvalue weighted by atomic mass is 10.2. The summed E-state index contributed by atoms with van der Waals surface area (Å²) in [6.45, 7) is 0. The van der Waals surface area contributed by atoms with E-state index in [4.69, 9.17) is 0 Å². The third-order valence-corrected chi connectivity index (χ3v) is 2.89. The number of methoxy groups -OCH3 is 1. The van der Waals surface area contributed by atoms with Crippen LogP contribution in [0.15, 0.2) is 36.4 Å². The van der Waals surface area contributed by atoms with Crippen molar-refractivity contribution in [3.8, 4) is 17.2 Å². The van der Waals surface area contributed by atoms with E-state index in [0.29, 0.717) is 11.3 Å². The molecule has 2 amide bonds. The molecular formula is C15H14N2O6. The highest BCUT2D eigenvalue weighted by atomic mass is 16.5. The first-order valence-corrected chi connectivity index (χ1v) is 6.42. The van der Waals surface area contributed by atoms with Gasteiger partial charge in [-0.1, -0.05) is 0 Å². The average Bonchev–Trinajstić information content (AvgIpc) is 2.52. The van der Waals surface area contributed by atoms with Crippen LogP contribution in [0.1, 0.15) is 10.4 Å². The molecule has 8 nitrogen and oxygen atoms in total. The third-order valence-electron chi connectivity index (χ3n) is 2.89. The number of anilines is 2. The summed E-state index contributed by atoms with van der Waals surface area (Å²) in [5, 5.41) is 32.8. The SMILES string of the molecule is COC(=O)c1ccc(NC(=O)Nc2cc(O)c(O)c(O)c2)cc1. The van der Waals surface area contributed by atoms with Gasteiger partial charge in [0.1, 0.15) is 0 Å². The summed E-state index contributed by atoms with van der Waals surface area (Å²) in [5.41, 5.74) is 0.843. The molecule has 0 aromatic heterocycles. The first-order chi connectivity index (χ1) is 10.9. The second-order valence-electron chi connectivity index (χ2n) is 4.51. The van der Waals surface area contributed by atoms with Crippen LogP contribution in [0.25, 0.3) is 0 Å². The number of carbonyl (C=O) groups is 2. The van der Waals surface area contributed by atoms with Gasteiger partial charge in [-0.3, -0.25) is 0 Å². The van der Waals surface area contributed by atoms with Crippen molar-refractivity contribution in [1.29, 1.82) is 0 Å². The fourth-order valence-electron chi connectivity index (χ4n) is 1.78. The summed E-state index contributed by atoms with van der Waals surface area (Å²) in [6.07, 6.45) is 0. The number of phenolic OH excluding ortho intramolecular Hbond substituents is 3. The Labute approximate surface area is 131 Å². The Morgan fingerprint density at radius 1 is 0.913 bits per heavy atom. The minimum atomic E-state index is -0.672. The quantitative estimate of drug-likeness (QED) is 0.335. The number of esters is 1. The zero-order chi connectivity index (χ0) is 17.0. The standard InChI is InChI=1S/C15H14N2O6/c1-23-14(21)8-2-4-9(5-3-8)16-15(22)17-10-6-11(18)13(20)12(19)7-10/h2-7,18-20H,1H3,(H2,16,17,22). The molecule has 0 saturated heterocycles. The number of nitrogens with one attached hydrogen (secondary N) is 2. The van der Waals surface area contributed by atoms with Crippen LogP contribution in [0, 0.1) is 0 Å². The average molecular weight is 318 g/mol. The highest BCUT2D eigenvalue weighted by molar-refractivity contribution is 6.00. The molecule has 2 aromatic carbocycles. The van der Waals surface area contributed by atoms with E-state index < -0.39 is 29.2 Å². The van der Waals surface area contributed by atoms with Crippen molar-refractivity contribution in [1.82, 2.24) is 0 Å². The molecule has 0 atom stereocenters. The maximum absolute atomic E-state index is 11.8.